The molecule has 5 nitrogen and oxygen atoms in total. The summed E-state index contributed by atoms with van der Waals surface area (Å²) in [6.07, 6.45) is 7.44. The zero-order valence-corrected chi connectivity index (χ0v) is 15.9. The molecule has 5 heteroatoms. The van der Waals surface area contributed by atoms with Gasteiger partial charge < -0.3 is 14.8 Å². The molecule has 1 aliphatic rings. The van der Waals surface area contributed by atoms with Crippen molar-refractivity contribution in [2.75, 3.05) is 19.8 Å². The lowest BCUT2D eigenvalue weighted by molar-refractivity contribution is 0.124. The Labute approximate surface area is 165 Å². The van der Waals surface area contributed by atoms with Crippen LogP contribution < -0.4 is 10.1 Å². The molecule has 0 saturated carbocycles. The Bertz CT molecular complexity index is 882. The smallest absolute Gasteiger partial charge is 0.138 e. The van der Waals surface area contributed by atoms with E-state index < -0.39 is 0 Å². The summed E-state index contributed by atoms with van der Waals surface area (Å²) >= 11 is 0. The largest absolute Gasteiger partial charge is 0.490 e. The minimum absolute atomic E-state index is 0.459. The fourth-order valence-corrected chi connectivity index (χ4v) is 3.07. The molecule has 0 spiro atoms. The maximum atomic E-state index is 5.85. The first-order valence-corrected chi connectivity index (χ1v) is 9.75. The molecule has 0 amide bonds. The summed E-state index contributed by atoms with van der Waals surface area (Å²) in [4.78, 5) is 8.81. The summed E-state index contributed by atoms with van der Waals surface area (Å²) in [6.45, 7) is 3.07. The molecule has 144 valence electrons. The van der Waals surface area contributed by atoms with Crippen molar-refractivity contribution in [3.63, 3.8) is 0 Å². The average molecular weight is 375 g/mol. The number of rotatable bonds is 9. The van der Waals surface area contributed by atoms with Gasteiger partial charge in [0.2, 0.25) is 0 Å². The number of hydrogen-bond donors (Lipinski definition) is 1. The summed E-state index contributed by atoms with van der Waals surface area (Å²) in [6, 6.07) is 16.8. The van der Waals surface area contributed by atoms with Gasteiger partial charge in [0, 0.05) is 24.0 Å². The second-order valence-corrected chi connectivity index (χ2v) is 7.00. The number of nitrogens with zero attached hydrogens (tertiary/aromatic N) is 2. The highest BCUT2D eigenvalue weighted by molar-refractivity contribution is 5.60. The standard InChI is InChI=1S/C23H25N3O2/c1-2-4-19(5-3-1)16-27-11-8-18-6-9-26-23(12-18)20-13-22(15-24-14-20)28-17-21-7-10-25-21/h1-6,9,12-15,21,25H,7-8,10-11,16-17H2. The van der Waals surface area contributed by atoms with Crippen molar-refractivity contribution in [1.29, 1.82) is 0 Å². The fourth-order valence-electron chi connectivity index (χ4n) is 3.07. The van der Waals surface area contributed by atoms with E-state index in [-0.39, 0.29) is 0 Å². The quantitative estimate of drug-likeness (QED) is 0.579. The molecule has 1 saturated heterocycles. The topological polar surface area (TPSA) is 56.3 Å². The van der Waals surface area contributed by atoms with Crippen LogP contribution in [0.1, 0.15) is 17.5 Å². The molecule has 1 unspecified atom stereocenters. The zero-order valence-electron chi connectivity index (χ0n) is 15.9. The number of benzene rings is 1. The van der Waals surface area contributed by atoms with E-state index in [0.29, 0.717) is 25.9 Å². The molecule has 1 atom stereocenters. The van der Waals surface area contributed by atoms with Gasteiger partial charge in [0.1, 0.15) is 12.4 Å². The summed E-state index contributed by atoms with van der Waals surface area (Å²) in [5, 5.41) is 3.33. The third-order valence-corrected chi connectivity index (χ3v) is 4.86. The maximum absolute atomic E-state index is 5.85. The Morgan fingerprint density at radius 2 is 1.93 bits per heavy atom. The molecule has 1 aromatic carbocycles. The van der Waals surface area contributed by atoms with E-state index >= 15 is 0 Å². The summed E-state index contributed by atoms with van der Waals surface area (Å²) in [5.74, 6) is 0.782. The minimum Gasteiger partial charge on any atom is -0.490 e. The first-order valence-electron chi connectivity index (χ1n) is 9.75. The third kappa shape index (κ3) is 5.15. The van der Waals surface area contributed by atoms with Crippen molar-refractivity contribution in [2.24, 2.45) is 0 Å². The van der Waals surface area contributed by atoms with Gasteiger partial charge in [-0.05, 0) is 48.7 Å². The van der Waals surface area contributed by atoms with Crippen LogP contribution in [0.3, 0.4) is 0 Å². The van der Waals surface area contributed by atoms with Gasteiger partial charge in [-0.15, -0.1) is 0 Å². The van der Waals surface area contributed by atoms with Crippen LogP contribution in [0.2, 0.25) is 0 Å². The Morgan fingerprint density at radius 3 is 2.75 bits per heavy atom. The van der Waals surface area contributed by atoms with Gasteiger partial charge in [-0.25, -0.2) is 0 Å². The van der Waals surface area contributed by atoms with Crippen LogP contribution in [0.4, 0.5) is 0 Å². The van der Waals surface area contributed by atoms with Crippen molar-refractivity contribution < 1.29 is 9.47 Å². The van der Waals surface area contributed by atoms with Gasteiger partial charge >= 0.3 is 0 Å². The van der Waals surface area contributed by atoms with Crippen molar-refractivity contribution >= 4 is 0 Å². The van der Waals surface area contributed by atoms with Crippen molar-refractivity contribution in [2.45, 2.75) is 25.5 Å². The van der Waals surface area contributed by atoms with Gasteiger partial charge in [0.05, 0.1) is 25.1 Å². The molecule has 3 aromatic rings. The van der Waals surface area contributed by atoms with Crippen molar-refractivity contribution in [3.05, 3.63) is 78.2 Å². The van der Waals surface area contributed by atoms with E-state index in [2.05, 4.69) is 33.5 Å². The molecule has 4 rings (SSSR count). The lowest BCUT2D eigenvalue weighted by Gasteiger charge is -2.27. The van der Waals surface area contributed by atoms with Crippen LogP contribution in [0.25, 0.3) is 11.3 Å². The molecule has 28 heavy (non-hydrogen) atoms. The normalized spacial score (nSPS) is 15.8. The molecule has 1 aliphatic heterocycles. The van der Waals surface area contributed by atoms with Gasteiger partial charge in [0.15, 0.2) is 0 Å². The molecule has 0 radical (unpaired) electrons. The molecule has 1 N–H and O–H groups in total. The monoisotopic (exact) mass is 375 g/mol. The minimum atomic E-state index is 0.459. The van der Waals surface area contributed by atoms with E-state index in [1.54, 1.807) is 6.20 Å². The van der Waals surface area contributed by atoms with E-state index in [0.717, 1.165) is 30.0 Å². The van der Waals surface area contributed by atoms with E-state index in [4.69, 9.17) is 9.47 Å². The number of pyridine rings is 2. The Kier molecular flexibility index (Phi) is 6.27. The average Bonchev–Trinajstić information content (AvgIpc) is 2.71. The highest BCUT2D eigenvalue weighted by atomic mass is 16.5. The number of hydrogen-bond acceptors (Lipinski definition) is 5. The lowest BCUT2D eigenvalue weighted by atomic mass is 10.1. The molecular weight excluding hydrogens is 350 g/mol. The molecule has 0 aliphatic carbocycles. The number of nitrogens with one attached hydrogen (secondary N) is 1. The SMILES string of the molecule is c1ccc(COCCc2ccnc(-c3cncc(OCC4CCN4)c3)c2)cc1. The maximum Gasteiger partial charge on any atom is 0.138 e. The number of aromatic nitrogens is 2. The van der Waals surface area contributed by atoms with E-state index in [1.165, 1.54) is 17.5 Å². The van der Waals surface area contributed by atoms with Gasteiger partial charge in [0.25, 0.3) is 0 Å². The summed E-state index contributed by atoms with van der Waals surface area (Å²) < 4.78 is 11.7. The summed E-state index contributed by atoms with van der Waals surface area (Å²) in [7, 11) is 0. The Balaban J connectivity index is 1.32. The fraction of sp³-hybridized carbons (Fsp3) is 0.304. The molecule has 3 heterocycles. The zero-order chi connectivity index (χ0) is 19.0. The van der Waals surface area contributed by atoms with Crippen LogP contribution in [-0.4, -0.2) is 35.8 Å². The van der Waals surface area contributed by atoms with Crippen LogP contribution in [0.5, 0.6) is 5.75 Å². The van der Waals surface area contributed by atoms with Crippen molar-refractivity contribution in [1.82, 2.24) is 15.3 Å². The molecule has 0 bridgehead atoms. The van der Waals surface area contributed by atoms with Gasteiger partial charge in [-0.2, -0.15) is 0 Å². The van der Waals surface area contributed by atoms with E-state index in [1.807, 2.05) is 42.7 Å². The molecule has 1 fully saturated rings. The first-order chi connectivity index (χ1) is 13.9. The van der Waals surface area contributed by atoms with Gasteiger partial charge in [-0.1, -0.05) is 30.3 Å². The highest BCUT2D eigenvalue weighted by Gasteiger charge is 2.16. The van der Waals surface area contributed by atoms with Crippen LogP contribution in [0.15, 0.2) is 67.1 Å². The predicted molar refractivity (Wildman–Crippen MR) is 109 cm³/mol. The van der Waals surface area contributed by atoms with Crippen LogP contribution in [-0.2, 0) is 17.8 Å². The van der Waals surface area contributed by atoms with Crippen molar-refractivity contribution in [3.8, 4) is 17.0 Å². The molecular formula is C23H25N3O2. The van der Waals surface area contributed by atoms with Crippen LogP contribution in [0, 0.1) is 0 Å². The first kappa shape index (κ1) is 18.6. The number of ether oxygens (including phenoxy) is 2. The lowest BCUT2D eigenvalue weighted by Crippen LogP contribution is -2.46. The second-order valence-electron chi connectivity index (χ2n) is 7.00. The Hall–Kier alpha value is -2.76. The second kappa shape index (κ2) is 9.44. The summed E-state index contributed by atoms with van der Waals surface area (Å²) in [5.41, 5.74) is 4.26. The van der Waals surface area contributed by atoms with Crippen LogP contribution >= 0.6 is 0 Å². The van der Waals surface area contributed by atoms with Gasteiger partial charge in [-0.3, -0.25) is 9.97 Å². The highest BCUT2D eigenvalue weighted by Crippen LogP contribution is 2.22. The predicted octanol–water partition coefficient (Wildman–Crippen LogP) is 3.64. The molecule has 2 aromatic heterocycles. The third-order valence-electron chi connectivity index (χ3n) is 4.86. The van der Waals surface area contributed by atoms with E-state index in [9.17, 15) is 0 Å². The Morgan fingerprint density at radius 1 is 1.04 bits per heavy atom.